The SMILES string of the molecule is COc1sc(CNCc2ccoc2)cc1Br. The topological polar surface area (TPSA) is 34.4 Å². The van der Waals surface area contributed by atoms with E-state index in [1.165, 1.54) is 4.88 Å². The van der Waals surface area contributed by atoms with Gasteiger partial charge in [0.2, 0.25) is 0 Å². The summed E-state index contributed by atoms with van der Waals surface area (Å²) in [5.41, 5.74) is 1.16. The van der Waals surface area contributed by atoms with Gasteiger partial charge in [-0.25, -0.2) is 0 Å². The first-order valence-corrected chi connectivity index (χ1v) is 6.44. The fraction of sp³-hybridized carbons (Fsp3) is 0.273. The molecule has 0 fully saturated rings. The van der Waals surface area contributed by atoms with Gasteiger partial charge in [0.15, 0.2) is 5.06 Å². The van der Waals surface area contributed by atoms with Crippen LogP contribution in [0.3, 0.4) is 0 Å². The molecule has 0 bridgehead atoms. The van der Waals surface area contributed by atoms with Gasteiger partial charge < -0.3 is 14.5 Å². The molecule has 2 aromatic heterocycles. The zero-order valence-electron chi connectivity index (χ0n) is 8.83. The van der Waals surface area contributed by atoms with Crippen LogP contribution in [-0.2, 0) is 13.1 Å². The molecule has 0 saturated heterocycles. The maximum Gasteiger partial charge on any atom is 0.188 e. The minimum Gasteiger partial charge on any atom is -0.486 e. The predicted octanol–water partition coefficient (Wildman–Crippen LogP) is 3.40. The van der Waals surface area contributed by atoms with Crippen LogP contribution in [0.15, 0.2) is 33.5 Å². The van der Waals surface area contributed by atoms with Crippen LogP contribution >= 0.6 is 27.3 Å². The number of halogens is 1. The van der Waals surface area contributed by atoms with Gasteiger partial charge in [0.05, 0.1) is 24.1 Å². The summed E-state index contributed by atoms with van der Waals surface area (Å²) in [7, 11) is 1.68. The van der Waals surface area contributed by atoms with Crippen LogP contribution in [0.25, 0.3) is 0 Å². The highest BCUT2D eigenvalue weighted by molar-refractivity contribution is 9.10. The summed E-state index contributed by atoms with van der Waals surface area (Å²) in [6, 6.07) is 4.03. The van der Waals surface area contributed by atoms with Gasteiger partial charge in [0, 0.05) is 23.5 Å². The zero-order valence-corrected chi connectivity index (χ0v) is 11.2. The van der Waals surface area contributed by atoms with Crippen molar-refractivity contribution in [1.82, 2.24) is 5.32 Å². The first-order valence-electron chi connectivity index (χ1n) is 4.83. The second-order valence-corrected chi connectivity index (χ2v) is 5.24. The molecule has 0 amide bonds. The molecule has 0 spiro atoms. The van der Waals surface area contributed by atoms with Crippen molar-refractivity contribution in [2.75, 3.05) is 7.11 Å². The van der Waals surface area contributed by atoms with Gasteiger partial charge in [0.25, 0.3) is 0 Å². The lowest BCUT2D eigenvalue weighted by atomic mass is 10.3. The molecule has 5 heteroatoms. The van der Waals surface area contributed by atoms with E-state index in [9.17, 15) is 0 Å². The number of hydrogen-bond acceptors (Lipinski definition) is 4. The van der Waals surface area contributed by atoms with Crippen LogP contribution in [0.4, 0.5) is 0 Å². The Kier molecular flexibility index (Phi) is 4.04. The zero-order chi connectivity index (χ0) is 11.4. The Morgan fingerprint density at radius 3 is 3.00 bits per heavy atom. The number of thiophene rings is 1. The van der Waals surface area contributed by atoms with Gasteiger partial charge in [-0.05, 0) is 28.1 Å². The fourth-order valence-corrected chi connectivity index (χ4v) is 3.01. The van der Waals surface area contributed by atoms with Gasteiger partial charge >= 0.3 is 0 Å². The summed E-state index contributed by atoms with van der Waals surface area (Å²) >= 11 is 5.09. The minimum absolute atomic E-state index is 0.814. The van der Waals surface area contributed by atoms with Gasteiger partial charge in [-0.3, -0.25) is 0 Å². The highest BCUT2D eigenvalue weighted by atomic mass is 79.9. The molecule has 0 aromatic carbocycles. The van der Waals surface area contributed by atoms with Crippen LogP contribution in [0.2, 0.25) is 0 Å². The van der Waals surface area contributed by atoms with Gasteiger partial charge in [0.1, 0.15) is 0 Å². The van der Waals surface area contributed by atoms with Crippen molar-refractivity contribution in [2.45, 2.75) is 13.1 Å². The highest BCUT2D eigenvalue weighted by Crippen LogP contribution is 2.34. The molecule has 86 valence electrons. The van der Waals surface area contributed by atoms with Crippen molar-refractivity contribution in [3.05, 3.63) is 39.6 Å². The van der Waals surface area contributed by atoms with Crippen molar-refractivity contribution >= 4 is 27.3 Å². The molecular formula is C11H12BrNO2S. The molecule has 0 aliphatic rings. The normalized spacial score (nSPS) is 10.6. The van der Waals surface area contributed by atoms with E-state index in [4.69, 9.17) is 9.15 Å². The number of hydrogen-bond donors (Lipinski definition) is 1. The highest BCUT2D eigenvalue weighted by Gasteiger charge is 2.06. The van der Waals surface area contributed by atoms with Crippen LogP contribution in [0.5, 0.6) is 5.06 Å². The Morgan fingerprint density at radius 1 is 1.50 bits per heavy atom. The van der Waals surface area contributed by atoms with Crippen LogP contribution in [0.1, 0.15) is 10.4 Å². The third kappa shape index (κ3) is 2.87. The number of ether oxygens (including phenoxy) is 1. The lowest BCUT2D eigenvalue weighted by Gasteiger charge is -1.99. The molecule has 0 aliphatic carbocycles. The van der Waals surface area contributed by atoms with Crippen LogP contribution in [-0.4, -0.2) is 7.11 Å². The molecule has 2 heterocycles. The largest absolute Gasteiger partial charge is 0.486 e. The van der Waals surface area contributed by atoms with E-state index in [0.29, 0.717) is 0 Å². The van der Waals surface area contributed by atoms with Crippen LogP contribution in [0, 0.1) is 0 Å². The Balaban J connectivity index is 1.85. The second-order valence-electron chi connectivity index (χ2n) is 3.29. The molecule has 1 N–H and O–H groups in total. The molecule has 0 saturated carbocycles. The molecule has 0 radical (unpaired) electrons. The summed E-state index contributed by atoms with van der Waals surface area (Å²) < 4.78 is 11.2. The number of methoxy groups -OCH3 is 1. The summed E-state index contributed by atoms with van der Waals surface area (Å²) in [6.07, 6.45) is 3.43. The first-order chi connectivity index (χ1) is 7.79. The Hall–Kier alpha value is -0.780. The molecule has 0 aliphatic heterocycles. The Labute approximate surface area is 107 Å². The van der Waals surface area contributed by atoms with E-state index in [1.54, 1.807) is 31.0 Å². The summed E-state index contributed by atoms with van der Waals surface area (Å²) in [5, 5.41) is 4.26. The summed E-state index contributed by atoms with van der Waals surface area (Å²) in [5.74, 6) is 0. The molecular weight excluding hydrogens is 290 g/mol. The number of rotatable bonds is 5. The lowest BCUT2D eigenvalue weighted by molar-refractivity contribution is 0.425. The lowest BCUT2D eigenvalue weighted by Crippen LogP contribution is -2.10. The quantitative estimate of drug-likeness (QED) is 0.919. The minimum atomic E-state index is 0.814. The first kappa shape index (κ1) is 11.7. The van der Waals surface area contributed by atoms with Crippen molar-refractivity contribution < 1.29 is 9.15 Å². The maximum absolute atomic E-state index is 5.21. The molecule has 2 rings (SSSR count). The number of nitrogens with one attached hydrogen (secondary N) is 1. The predicted molar refractivity (Wildman–Crippen MR) is 67.8 cm³/mol. The van der Waals surface area contributed by atoms with Crippen molar-refractivity contribution in [1.29, 1.82) is 0 Å². The summed E-state index contributed by atoms with van der Waals surface area (Å²) in [6.45, 7) is 1.64. The average Bonchev–Trinajstić information content (AvgIpc) is 2.88. The van der Waals surface area contributed by atoms with E-state index in [1.807, 2.05) is 6.07 Å². The van der Waals surface area contributed by atoms with E-state index < -0.39 is 0 Å². The van der Waals surface area contributed by atoms with Gasteiger partial charge in [-0.1, -0.05) is 0 Å². The number of furan rings is 1. The fourth-order valence-electron chi connectivity index (χ4n) is 1.35. The molecule has 0 unspecified atom stereocenters. The van der Waals surface area contributed by atoms with E-state index in [-0.39, 0.29) is 0 Å². The van der Waals surface area contributed by atoms with E-state index in [2.05, 4.69) is 27.3 Å². The molecule has 2 aromatic rings. The van der Waals surface area contributed by atoms with E-state index >= 15 is 0 Å². The van der Waals surface area contributed by atoms with Crippen molar-refractivity contribution in [2.24, 2.45) is 0 Å². The smallest absolute Gasteiger partial charge is 0.188 e. The van der Waals surface area contributed by atoms with Gasteiger partial charge in [-0.15, -0.1) is 11.3 Å². The van der Waals surface area contributed by atoms with Crippen molar-refractivity contribution in [3.8, 4) is 5.06 Å². The van der Waals surface area contributed by atoms with Crippen LogP contribution < -0.4 is 10.1 Å². The molecule has 0 atom stereocenters. The summed E-state index contributed by atoms with van der Waals surface area (Å²) in [4.78, 5) is 1.24. The van der Waals surface area contributed by atoms with Gasteiger partial charge in [-0.2, -0.15) is 0 Å². The van der Waals surface area contributed by atoms with E-state index in [0.717, 1.165) is 28.2 Å². The standard InChI is InChI=1S/C11H12BrNO2S/c1-14-11-10(12)4-9(16-11)6-13-5-8-2-3-15-7-8/h2-4,7,13H,5-6H2,1H3. The molecule has 3 nitrogen and oxygen atoms in total. The Morgan fingerprint density at radius 2 is 2.38 bits per heavy atom. The Bertz CT molecular complexity index is 439. The average molecular weight is 302 g/mol. The monoisotopic (exact) mass is 301 g/mol. The third-order valence-electron chi connectivity index (χ3n) is 2.10. The maximum atomic E-state index is 5.21. The molecule has 16 heavy (non-hydrogen) atoms. The second kappa shape index (κ2) is 5.52. The van der Waals surface area contributed by atoms with Crippen molar-refractivity contribution in [3.63, 3.8) is 0 Å². The third-order valence-corrected chi connectivity index (χ3v) is 4.05.